The van der Waals surface area contributed by atoms with Gasteiger partial charge in [0.25, 0.3) is 5.56 Å². The largest absolute Gasteiger partial charge is 0.342 e. The predicted molar refractivity (Wildman–Crippen MR) is 114 cm³/mol. The molecule has 4 rings (SSSR count). The molecule has 1 amide bonds. The van der Waals surface area contributed by atoms with Crippen LogP contribution in [0.3, 0.4) is 0 Å². The number of fused-ring (bicyclic) bond motifs is 2. The van der Waals surface area contributed by atoms with E-state index in [4.69, 9.17) is 0 Å². The van der Waals surface area contributed by atoms with E-state index >= 15 is 0 Å². The summed E-state index contributed by atoms with van der Waals surface area (Å²) in [6.07, 6.45) is 3.10. The van der Waals surface area contributed by atoms with E-state index in [2.05, 4.69) is 27.3 Å². The number of amides is 1. The summed E-state index contributed by atoms with van der Waals surface area (Å²) in [5.74, 6) is 0.645. The first-order valence-corrected chi connectivity index (χ1v) is 9.80. The first kappa shape index (κ1) is 18.9. The SMILES string of the molecule is CCCCc1nc2ccc(NC(=O)Cn3nc(C)c4ccccc4c3=O)cc2[nH]1. The quantitative estimate of drug-likeness (QED) is 0.527. The molecule has 2 heterocycles. The summed E-state index contributed by atoms with van der Waals surface area (Å²) in [5.41, 5.74) is 2.85. The molecule has 0 atom stereocenters. The second-order valence-corrected chi connectivity index (χ2v) is 7.16. The van der Waals surface area contributed by atoms with Crippen LogP contribution in [0.2, 0.25) is 0 Å². The van der Waals surface area contributed by atoms with Crippen LogP contribution < -0.4 is 10.9 Å². The predicted octanol–water partition coefficient (Wildman–Crippen LogP) is 3.56. The Morgan fingerprint density at radius 2 is 1.97 bits per heavy atom. The summed E-state index contributed by atoms with van der Waals surface area (Å²) in [6.45, 7) is 3.83. The molecule has 2 aromatic heterocycles. The molecule has 0 aliphatic rings. The number of hydrogen-bond donors (Lipinski definition) is 2. The fraction of sp³-hybridized carbons (Fsp3) is 0.273. The van der Waals surface area contributed by atoms with Crippen molar-refractivity contribution in [2.24, 2.45) is 0 Å². The van der Waals surface area contributed by atoms with Crippen LogP contribution in [-0.2, 0) is 17.8 Å². The molecule has 0 aliphatic heterocycles. The lowest BCUT2D eigenvalue weighted by molar-refractivity contribution is -0.117. The first-order chi connectivity index (χ1) is 14.0. The number of nitrogens with zero attached hydrogens (tertiary/aromatic N) is 3. The first-order valence-electron chi connectivity index (χ1n) is 9.80. The standard InChI is InChI=1S/C22H23N5O2/c1-3-4-9-20-24-18-11-10-15(12-19(18)25-20)23-21(28)13-27-22(29)17-8-6-5-7-16(17)14(2)26-27/h5-8,10-12H,3-4,9,13H2,1-2H3,(H,23,28)(H,24,25). The van der Waals surface area contributed by atoms with Gasteiger partial charge in [-0.3, -0.25) is 9.59 Å². The summed E-state index contributed by atoms with van der Waals surface area (Å²) in [7, 11) is 0. The summed E-state index contributed by atoms with van der Waals surface area (Å²) in [6, 6.07) is 12.8. The van der Waals surface area contributed by atoms with Crippen LogP contribution in [0, 0.1) is 6.92 Å². The van der Waals surface area contributed by atoms with E-state index in [1.165, 1.54) is 4.68 Å². The van der Waals surface area contributed by atoms with Crippen molar-refractivity contribution in [3.8, 4) is 0 Å². The number of aryl methyl sites for hydroxylation is 2. The van der Waals surface area contributed by atoms with Gasteiger partial charge in [0.1, 0.15) is 12.4 Å². The number of rotatable bonds is 6. The van der Waals surface area contributed by atoms with Crippen molar-refractivity contribution in [2.75, 3.05) is 5.32 Å². The number of unbranched alkanes of at least 4 members (excludes halogenated alkanes) is 1. The Labute approximate surface area is 167 Å². The van der Waals surface area contributed by atoms with Gasteiger partial charge in [-0.05, 0) is 37.6 Å². The summed E-state index contributed by atoms with van der Waals surface area (Å²) < 4.78 is 1.21. The number of imidazole rings is 1. The lowest BCUT2D eigenvalue weighted by Crippen LogP contribution is -2.30. The van der Waals surface area contributed by atoms with Crippen LogP contribution in [0.1, 0.15) is 31.3 Å². The van der Waals surface area contributed by atoms with E-state index in [-0.39, 0.29) is 18.0 Å². The van der Waals surface area contributed by atoms with Gasteiger partial charge in [-0.15, -0.1) is 0 Å². The summed E-state index contributed by atoms with van der Waals surface area (Å²) in [5, 5.41) is 8.50. The topological polar surface area (TPSA) is 92.7 Å². The lowest BCUT2D eigenvalue weighted by Gasteiger charge is -2.09. The van der Waals surface area contributed by atoms with Crippen molar-refractivity contribution in [3.63, 3.8) is 0 Å². The molecule has 29 heavy (non-hydrogen) atoms. The highest BCUT2D eigenvalue weighted by Gasteiger charge is 2.12. The monoisotopic (exact) mass is 389 g/mol. The Kier molecular flexibility index (Phi) is 5.12. The Morgan fingerprint density at radius 1 is 1.17 bits per heavy atom. The molecule has 0 aliphatic carbocycles. The third-order valence-corrected chi connectivity index (χ3v) is 4.93. The molecule has 2 aromatic carbocycles. The van der Waals surface area contributed by atoms with Crippen LogP contribution >= 0.6 is 0 Å². The molecule has 0 spiro atoms. The average Bonchev–Trinajstić information content (AvgIpc) is 3.12. The minimum absolute atomic E-state index is 0.146. The molecule has 0 fully saturated rings. The molecule has 0 saturated carbocycles. The number of benzene rings is 2. The molecule has 148 valence electrons. The maximum Gasteiger partial charge on any atom is 0.275 e. The van der Waals surface area contributed by atoms with Gasteiger partial charge in [0, 0.05) is 17.5 Å². The Hall–Kier alpha value is -3.48. The van der Waals surface area contributed by atoms with Crippen LogP contribution in [0.5, 0.6) is 0 Å². The number of H-pyrrole nitrogens is 1. The zero-order valence-electron chi connectivity index (χ0n) is 16.5. The number of aromatic amines is 1. The number of hydrogen-bond acceptors (Lipinski definition) is 4. The Bertz CT molecular complexity index is 1260. The minimum atomic E-state index is -0.306. The second-order valence-electron chi connectivity index (χ2n) is 7.16. The van der Waals surface area contributed by atoms with Crippen LogP contribution in [-0.4, -0.2) is 25.7 Å². The third kappa shape index (κ3) is 3.89. The maximum absolute atomic E-state index is 12.6. The Morgan fingerprint density at radius 3 is 2.76 bits per heavy atom. The number of carbonyl (C=O) groups excluding carboxylic acids is 1. The normalized spacial score (nSPS) is 11.2. The molecule has 0 saturated heterocycles. The van der Waals surface area contributed by atoms with E-state index in [9.17, 15) is 9.59 Å². The van der Waals surface area contributed by atoms with E-state index in [0.29, 0.717) is 16.8 Å². The molecule has 4 aromatic rings. The van der Waals surface area contributed by atoms with Crippen molar-refractivity contribution in [1.82, 2.24) is 19.7 Å². The van der Waals surface area contributed by atoms with E-state index < -0.39 is 0 Å². The molecule has 0 unspecified atom stereocenters. The van der Waals surface area contributed by atoms with Crippen LogP contribution in [0.25, 0.3) is 21.8 Å². The Balaban J connectivity index is 1.53. The van der Waals surface area contributed by atoms with Gasteiger partial charge in [-0.2, -0.15) is 5.10 Å². The molecular weight excluding hydrogens is 366 g/mol. The van der Waals surface area contributed by atoms with Gasteiger partial charge in [-0.25, -0.2) is 9.67 Å². The molecule has 2 N–H and O–H groups in total. The van der Waals surface area contributed by atoms with Gasteiger partial charge >= 0.3 is 0 Å². The van der Waals surface area contributed by atoms with E-state index in [1.807, 2.05) is 43.3 Å². The summed E-state index contributed by atoms with van der Waals surface area (Å²) in [4.78, 5) is 33.0. The fourth-order valence-corrected chi connectivity index (χ4v) is 3.45. The molecular formula is C22H23N5O2. The van der Waals surface area contributed by atoms with Crippen molar-refractivity contribution < 1.29 is 4.79 Å². The highest BCUT2D eigenvalue weighted by Crippen LogP contribution is 2.18. The number of nitrogens with one attached hydrogen (secondary N) is 2. The molecule has 0 bridgehead atoms. The zero-order chi connectivity index (χ0) is 20.4. The van der Waals surface area contributed by atoms with Crippen molar-refractivity contribution in [2.45, 2.75) is 39.7 Å². The highest BCUT2D eigenvalue weighted by atomic mass is 16.2. The van der Waals surface area contributed by atoms with Crippen LogP contribution in [0.4, 0.5) is 5.69 Å². The van der Waals surface area contributed by atoms with Crippen LogP contribution in [0.15, 0.2) is 47.3 Å². The number of aromatic nitrogens is 4. The van der Waals surface area contributed by atoms with Crippen molar-refractivity contribution in [3.05, 3.63) is 64.3 Å². The fourth-order valence-electron chi connectivity index (χ4n) is 3.45. The average molecular weight is 389 g/mol. The highest BCUT2D eigenvalue weighted by molar-refractivity contribution is 5.93. The maximum atomic E-state index is 12.6. The second kappa shape index (κ2) is 7.87. The summed E-state index contributed by atoms with van der Waals surface area (Å²) >= 11 is 0. The smallest absolute Gasteiger partial charge is 0.275 e. The third-order valence-electron chi connectivity index (χ3n) is 4.93. The number of anilines is 1. The van der Waals surface area contributed by atoms with Gasteiger partial charge in [0.05, 0.1) is 22.1 Å². The van der Waals surface area contributed by atoms with E-state index in [0.717, 1.165) is 41.5 Å². The minimum Gasteiger partial charge on any atom is -0.342 e. The molecule has 7 nitrogen and oxygen atoms in total. The molecule has 0 radical (unpaired) electrons. The van der Waals surface area contributed by atoms with Crippen molar-refractivity contribution >= 4 is 33.4 Å². The van der Waals surface area contributed by atoms with Gasteiger partial charge in [0.2, 0.25) is 5.91 Å². The molecule has 7 heteroatoms. The lowest BCUT2D eigenvalue weighted by atomic mass is 10.1. The number of carbonyl (C=O) groups is 1. The zero-order valence-corrected chi connectivity index (χ0v) is 16.5. The van der Waals surface area contributed by atoms with E-state index in [1.54, 1.807) is 6.07 Å². The van der Waals surface area contributed by atoms with Gasteiger partial charge < -0.3 is 10.3 Å². The van der Waals surface area contributed by atoms with Gasteiger partial charge in [-0.1, -0.05) is 31.5 Å². The van der Waals surface area contributed by atoms with Gasteiger partial charge in [0.15, 0.2) is 0 Å². The van der Waals surface area contributed by atoms with Crippen molar-refractivity contribution in [1.29, 1.82) is 0 Å².